The van der Waals surface area contributed by atoms with Crippen molar-refractivity contribution in [2.75, 3.05) is 26.2 Å². The molecule has 0 aliphatic carbocycles. The minimum absolute atomic E-state index is 0.102. The van der Waals surface area contributed by atoms with Crippen LogP contribution in [0.4, 0.5) is 4.79 Å². The van der Waals surface area contributed by atoms with E-state index in [9.17, 15) is 10.0 Å². The Morgan fingerprint density at radius 1 is 1.50 bits per heavy atom. The molecule has 78 valence electrons. The fourth-order valence-electron chi connectivity index (χ4n) is 1.96. The van der Waals surface area contributed by atoms with Crippen molar-refractivity contribution in [1.82, 2.24) is 4.90 Å². The molecule has 1 unspecified atom stereocenters. The summed E-state index contributed by atoms with van der Waals surface area (Å²) < 4.78 is -1.29. The van der Waals surface area contributed by atoms with Gasteiger partial charge in [-0.05, 0) is 6.42 Å². The Balaban J connectivity index is 2.33. The van der Waals surface area contributed by atoms with Gasteiger partial charge in [0.2, 0.25) is 0 Å². The largest absolute Gasteiger partial charge is 0.615 e. The maximum absolute atomic E-state index is 12.0. The standard InChI is InChI=1S/C8H13N3O3/c12-8(13)11(14)6-2-5-10-4-1-3-9-7(10)11/h1-6H2,(H,12,13). The van der Waals surface area contributed by atoms with Crippen LogP contribution in [0.3, 0.4) is 0 Å². The summed E-state index contributed by atoms with van der Waals surface area (Å²) in [6, 6.07) is 0. The fraction of sp³-hybridized carbons (Fsp3) is 0.750. The van der Waals surface area contributed by atoms with Crippen molar-refractivity contribution in [2.24, 2.45) is 4.99 Å². The topological polar surface area (TPSA) is 76.0 Å². The smallest absolute Gasteiger partial charge is 0.521 e. The number of amides is 1. The van der Waals surface area contributed by atoms with E-state index in [0.717, 1.165) is 19.5 Å². The molecule has 1 fully saturated rings. The summed E-state index contributed by atoms with van der Waals surface area (Å²) in [7, 11) is 0. The van der Waals surface area contributed by atoms with Gasteiger partial charge in [-0.3, -0.25) is 0 Å². The highest BCUT2D eigenvalue weighted by molar-refractivity contribution is 5.84. The lowest BCUT2D eigenvalue weighted by Crippen LogP contribution is -2.63. The van der Waals surface area contributed by atoms with E-state index in [1.165, 1.54) is 0 Å². The first kappa shape index (κ1) is 9.42. The number of fused-ring (bicyclic) bond motifs is 1. The monoisotopic (exact) mass is 199 g/mol. The average Bonchev–Trinajstić information content (AvgIpc) is 2.18. The van der Waals surface area contributed by atoms with Crippen LogP contribution in [0.15, 0.2) is 4.99 Å². The Kier molecular flexibility index (Phi) is 2.16. The van der Waals surface area contributed by atoms with Gasteiger partial charge in [-0.25, -0.2) is 4.99 Å². The van der Waals surface area contributed by atoms with E-state index in [1.54, 1.807) is 4.90 Å². The van der Waals surface area contributed by atoms with Crippen LogP contribution in [0, 0.1) is 5.21 Å². The zero-order valence-electron chi connectivity index (χ0n) is 7.85. The van der Waals surface area contributed by atoms with Crippen LogP contribution in [0.25, 0.3) is 0 Å². The lowest BCUT2D eigenvalue weighted by atomic mass is 10.2. The SMILES string of the molecule is O=C(O)[N+]1([O-])CCCN2CCCN=C21. The molecule has 1 atom stereocenters. The minimum atomic E-state index is -1.35. The van der Waals surface area contributed by atoms with E-state index in [-0.39, 0.29) is 12.5 Å². The van der Waals surface area contributed by atoms with Crippen LogP contribution in [-0.2, 0) is 0 Å². The van der Waals surface area contributed by atoms with Gasteiger partial charge >= 0.3 is 12.1 Å². The first-order valence-corrected chi connectivity index (χ1v) is 4.77. The number of carbonyl (C=O) groups is 1. The van der Waals surface area contributed by atoms with Crippen molar-refractivity contribution in [2.45, 2.75) is 12.8 Å². The van der Waals surface area contributed by atoms with E-state index < -0.39 is 10.7 Å². The molecule has 0 radical (unpaired) electrons. The van der Waals surface area contributed by atoms with Gasteiger partial charge in [0, 0.05) is 26.1 Å². The van der Waals surface area contributed by atoms with E-state index in [0.29, 0.717) is 13.0 Å². The van der Waals surface area contributed by atoms with Crippen molar-refractivity contribution >= 4 is 12.1 Å². The maximum atomic E-state index is 12.0. The van der Waals surface area contributed by atoms with Gasteiger partial charge < -0.3 is 15.2 Å². The first-order chi connectivity index (χ1) is 6.64. The molecule has 1 amide bonds. The van der Waals surface area contributed by atoms with Crippen molar-refractivity contribution in [3.63, 3.8) is 0 Å². The molecule has 0 aromatic heterocycles. The molecule has 0 bridgehead atoms. The van der Waals surface area contributed by atoms with E-state index in [4.69, 9.17) is 5.11 Å². The normalized spacial score (nSPS) is 32.1. The number of carboxylic acid groups (broad SMARTS) is 1. The van der Waals surface area contributed by atoms with Gasteiger partial charge in [0.1, 0.15) is 0 Å². The molecule has 0 aromatic rings. The highest BCUT2D eigenvalue weighted by Gasteiger charge is 2.42. The second-order valence-electron chi connectivity index (χ2n) is 3.62. The van der Waals surface area contributed by atoms with Crippen molar-refractivity contribution in [3.05, 3.63) is 5.21 Å². The molecule has 2 heterocycles. The molecule has 14 heavy (non-hydrogen) atoms. The average molecular weight is 199 g/mol. The highest BCUT2D eigenvalue weighted by Crippen LogP contribution is 2.21. The molecule has 2 aliphatic rings. The van der Waals surface area contributed by atoms with Crippen molar-refractivity contribution in [3.8, 4) is 0 Å². The Bertz CT molecular complexity index is 292. The number of guanidine groups is 1. The Morgan fingerprint density at radius 3 is 2.93 bits per heavy atom. The summed E-state index contributed by atoms with van der Waals surface area (Å²) in [4.78, 5) is 16.7. The van der Waals surface area contributed by atoms with Crippen LogP contribution in [0.2, 0.25) is 0 Å². The summed E-state index contributed by atoms with van der Waals surface area (Å²) in [5.74, 6) is 0.190. The third-order valence-electron chi connectivity index (χ3n) is 2.66. The van der Waals surface area contributed by atoms with Crippen LogP contribution in [0.5, 0.6) is 0 Å². The quantitative estimate of drug-likeness (QED) is 0.454. The summed E-state index contributed by atoms with van der Waals surface area (Å²) in [5, 5.41) is 20.8. The Labute approximate surface area is 81.6 Å². The molecular weight excluding hydrogens is 186 g/mol. The molecule has 2 aliphatic heterocycles. The van der Waals surface area contributed by atoms with Gasteiger partial charge in [-0.1, -0.05) is 0 Å². The number of hydrogen-bond donors (Lipinski definition) is 1. The third-order valence-corrected chi connectivity index (χ3v) is 2.66. The maximum Gasteiger partial charge on any atom is 0.521 e. The second-order valence-corrected chi connectivity index (χ2v) is 3.62. The Hall–Kier alpha value is -1.14. The number of nitrogens with zero attached hydrogens (tertiary/aromatic N) is 3. The summed E-state index contributed by atoms with van der Waals surface area (Å²) in [6.45, 7) is 2.19. The van der Waals surface area contributed by atoms with E-state index in [2.05, 4.69) is 4.99 Å². The number of hydroxylamine groups is 3. The molecular formula is C8H13N3O3. The molecule has 0 spiro atoms. The molecule has 0 saturated carbocycles. The van der Waals surface area contributed by atoms with Gasteiger partial charge in [-0.2, -0.15) is 9.44 Å². The molecule has 6 heteroatoms. The van der Waals surface area contributed by atoms with Crippen LogP contribution in [0.1, 0.15) is 12.8 Å². The zero-order chi connectivity index (χ0) is 10.2. The zero-order valence-corrected chi connectivity index (χ0v) is 7.85. The summed E-state index contributed by atoms with van der Waals surface area (Å²) >= 11 is 0. The fourth-order valence-corrected chi connectivity index (χ4v) is 1.96. The molecule has 6 nitrogen and oxygen atoms in total. The predicted octanol–water partition coefficient (Wildman–Crippen LogP) is 0.444. The summed E-state index contributed by atoms with van der Waals surface area (Å²) in [6.07, 6.45) is 0.174. The second kappa shape index (κ2) is 3.21. The molecule has 2 rings (SSSR count). The number of rotatable bonds is 0. The lowest BCUT2D eigenvalue weighted by molar-refractivity contribution is -0.724. The summed E-state index contributed by atoms with van der Waals surface area (Å²) in [5.41, 5.74) is 0. The van der Waals surface area contributed by atoms with Crippen molar-refractivity contribution in [1.29, 1.82) is 0 Å². The van der Waals surface area contributed by atoms with Crippen LogP contribution < -0.4 is 0 Å². The predicted molar refractivity (Wildman–Crippen MR) is 49.6 cm³/mol. The van der Waals surface area contributed by atoms with Crippen LogP contribution in [-0.4, -0.2) is 52.9 Å². The Morgan fingerprint density at radius 2 is 2.21 bits per heavy atom. The number of quaternary nitrogens is 1. The highest BCUT2D eigenvalue weighted by atomic mass is 16.6. The molecule has 1 saturated heterocycles. The third kappa shape index (κ3) is 1.27. The lowest BCUT2D eigenvalue weighted by Gasteiger charge is -2.45. The van der Waals surface area contributed by atoms with Gasteiger partial charge in [0.15, 0.2) is 0 Å². The molecule has 1 N–H and O–H groups in total. The van der Waals surface area contributed by atoms with Crippen LogP contribution >= 0.6 is 0 Å². The van der Waals surface area contributed by atoms with Gasteiger partial charge in [0.25, 0.3) is 0 Å². The van der Waals surface area contributed by atoms with E-state index in [1.807, 2.05) is 0 Å². The first-order valence-electron chi connectivity index (χ1n) is 4.77. The van der Waals surface area contributed by atoms with Gasteiger partial charge in [-0.15, -0.1) is 0 Å². The minimum Gasteiger partial charge on any atom is -0.615 e. The molecule has 0 aromatic carbocycles. The number of hydrogen-bond acceptors (Lipinski definition) is 4. The van der Waals surface area contributed by atoms with E-state index >= 15 is 0 Å². The van der Waals surface area contributed by atoms with Crippen molar-refractivity contribution < 1.29 is 14.5 Å². The van der Waals surface area contributed by atoms with Gasteiger partial charge in [0.05, 0.1) is 6.54 Å². The number of aliphatic imine (C=N–C) groups is 1.